The van der Waals surface area contributed by atoms with Gasteiger partial charge >= 0.3 is 0 Å². The van der Waals surface area contributed by atoms with E-state index in [0.29, 0.717) is 25.0 Å². The normalized spacial score (nSPS) is 23.6. The zero-order chi connectivity index (χ0) is 15.7. The second-order valence-corrected chi connectivity index (χ2v) is 8.40. The fourth-order valence-corrected chi connectivity index (χ4v) is 4.51. The number of aromatic nitrogens is 2. The molecular weight excluding hydrogens is 304 g/mol. The van der Waals surface area contributed by atoms with Crippen molar-refractivity contribution in [2.24, 2.45) is 0 Å². The van der Waals surface area contributed by atoms with Gasteiger partial charge in [0.15, 0.2) is 9.84 Å². The summed E-state index contributed by atoms with van der Waals surface area (Å²) in [5.41, 5.74) is -0.120. The molecule has 1 aromatic heterocycles. The van der Waals surface area contributed by atoms with Crippen LogP contribution >= 0.6 is 0 Å². The van der Waals surface area contributed by atoms with Crippen LogP contribution in [0.15, 0.2) is 10.9 Å². The Kier molecular flexibility index (Phi) is 4.22. The number of piperidine rings is 1. The molecule has 0 bridgehead atoms. The largest absolute Gasteiger partial charge is 0.356 e. The van der Waals surface area contributed by atoms with Gasteiger partial charge in [-0.3, -0.25) is 9.69 Å². The molecule has 0 aromatic carbocycles. The Morgan fingerprint density at radius 3 is 2.41 bits per heavy atom. The smallest absolute Gasteiger partial charge is 0.252 e. The molecule has 0 amide bonds. The van der Waals surface area contributed by atoms with Crippen LogP contribution in [-0.4, -0.2) is 67.0 Å². The molecule has 0 saturated carbocycles. The molecule has 2 aliphatic rings. The highest BCUT2D eigenvalue weighted by molar-refractivity contribution is 7.91. The number of anilines is 1. The number of sulfone groups is 1. The summed E-state index contributed by atoms with van der Waals surface area (Å²) in [6.45, 7) is 4.78. The minimum absolute atomic E-state index is 0.120. The van der Waals surface area contributed by atoms with Crippen molar-refractivity contribution in [2.75, 3.05) is 42.6 Å². The summed E-state index contributed by atoms with van der Waals surface area (Å²) in [6, 6.07) is 1.98. The molecule has 2 aliphatic heterocycles. The van der Waals surface area contributed by atoms with Gasteiger partial charge in [0.1, 0.15) is 11.6 Å². The number of rotatable bonds is 2. The van der Waals surface area contributed by atoms with E-state index in [1.807, 2.05) is 0 Å². The molecule has 0 aliphatic carbocycles. The number of hydrogen-bond donors (Lipinski definition) is 1. The third-order valence-corrected chi connectivity index (χ3v) is 6.14. The highest BCUT2D eigenvalue weighted by Gasteiger charge is 2.30. The van der Waals surface area contributed by atoms with Gasteiger partial charge in [0.2, 0.25) is 0 Å². The first-order valence-electron chi connectivity index (χ1n) is 7.70. The minimum Gasteiger partial charge on any atom is -0.356 e. The van der Waals surface area contributed by atoms with Gasteiger partial charge in [0, 0.05) is 38.3 Å². The predicted molar refractivity (Wildman–Crippen MR) is 85.1 cm³/mol. The second-order valence-electron chi connectivity index (χ2n) is 6.10. The Labute approximate surface area is 130 Å². The van der Waals surface area contributed by atoms with Gasteiger partial charge in [-0.05, 0) is 19.8 Å². The van der Waals surface area contributed by atoms with E-state index in [0.717, 1.165) is 31.7 Å². The van der Waals surface area contributed by atoms with E-state index in [4.69, 9.17) is 0 Å². The molecule has 3 rings (SSSR count). The molecular formula is C14H22N4O3S. The summed E-state index contributed by atoms with van der Waals surface area (Å²) in [5.74, 6) is 1.93. The van der Waals surface area contributed by atoms with Crippen LogP contribution in [0, 0.1) is 6.92 Å². The molecule has 1 N–H and O–H groups in total. The quantitative estimate of drug-likeness (QED) is 0.808. The van der Waals surface area contributed by atoms with Crippen LogP contribution in [0.4, 0.5) is 5.82 Å². The fraction of sp³-hybridized carbons (Fsp3) is 0.714. The highest BCUT2D eigenvalue weighted by atomic mass is 32.2. The average Bonchev–Trinajstić information content (AvgIpc) is 2.46. The van der Waals surface area contributed by atoms with Crippen molar-refractivity contribution < 1.29 is 8.42 Å². The SMILES string of the molecule is Cc1nc(N2CCC(N3CCS(=O)(=O)CC3)CC2)cc(=O)[nH]1. The van der Waals surface area contributed by atoms with Gasteiger partial charge in [-0.2, -0.15) is 0 Å². The van der Waals surface area contributed by atoms with Crippen LogP contribution in [0.1, 0.15) is 18.7 Å². The van der Waals surface area contributed by atoms with Gasteiger partial charge in [-0.15, -0.1) is 0 Å². The van der Waals surface area contributed by atoms with E-state index in [1.165, 1.54) is 0 Å². The lowest BCUT2D eigenvalue weighted by atomic mass is 10.0. The predicted octanol–water partition coefficient (Wildman–Crippen LogP) is -0.222. The summed E-state index contributed by atoms with van der Waals surface area (Å²) in [7, 11) is -2.82. The van der Waals surface area contributed by atoms with E-state index in [2.05, 4.69) is 19.8 Å². The van der Waals surface area contributed by atoms with E-state index >= 15 is 0 Å². The first-order chi connectivity index (χ1) is 10.4. The van der Waals surface area contributed by atoms with Crippen LogP contribution in [0.5, 0.6) is 0 Å². The number of nitrogens with one attached hydrogen (secondary N) is 1. The van der Waals surface area contributed by atoms with E-state index < -0.39 is 9.84 Å². The third-order valence-electron chi connectivity index (χ3n) is 4.53. The highest BCUT2D eigenvalue weighted by Crippen LogP contribution is 2.21. The van der Waals surface area contributed by atoms with E-state index in [1.54, 1.807) is 13.0 Å². The summed E-state index contributed by atoms with van der Waals surface area (Å²) < 4.78 is 23.0. The molecule has 2 saturated heterocycles. The lowest BCUT2D eigenvalue weighted by Gasteiger charge is -2.40. The van der Waals surface area contributed by atoms with Crippen LogP contribution in [0.3, 0.4) is 0 Å². The van der Waals surface area contributed by atoms with Gasteiger partial charge in [0.25, 0.3) is 5.56 Å². The average molecular weight is 326 g/mol. The minimum atomic E-state index is -2.82. The lowest BCUT2D eigenvalue weighted by Crippen LogP contribution is -2.50. The van der Waals surface area contributed by atoms with Crippen LogP contribution < -0.4 is 10.5 Å². The van der Waals surface area contributed by atoms with E-state index in [-0.39, 0.29) is 17.1 Å². The van der Waals surface area contributed by atoms with Gasteiger partial charge in [0.05, 0.1) is 11.5 Å². The number of nitrogens with zero attached hydrogens (tertiary/aromatic N) is 3. The van der Waals surface area contributed by atoms with Crippen molar-refractivity contribution in [1.82, 2.24) is 14.9 Å². The maximum Gasteiger partial charge on any atom is 0.252 e. The maximum absolute atomic E-state index is 11.5. The second kappa shape index (κ2) is 6.00. The number of aryl methyl sites for hydroxylation is 1. The molecule has 8 heteroatoms. The number of aromatic amines is 1. The zero-order valence-electron chi connectivity index (χ0n) is 12.8. The molecule has 7 nitrogen and oxygen atoms in total. The molecule has 0 unspecified atom stereocenters. The third kappa shape index (κ3) is 3.49. The first kappa shape index (κ1) is 15.5. The summed E-state index contributed by atoms with van der Waals surface area (Å²) >= 11 is 0. The molecule has 122 valence electrons. The Hall–Kier alpha value is -1.41. The van der Waals surface area contributed by atoms with Crippen LogP contribution in [-0.2, 0) is 9.84 Å². The van der Waals surface area contributed by atoms with Gasteiger partial charge in [-0.25, -0.2) is 13.4 Å². The molecule has 2 fully saturated rings. The van der Waals surface area contributed by atoms with Crippen molar-refractivity contribution in [3.05, 3.63) is 22.2 Å². The van der Waals surface area contributed by atoms with Crippen molar-refractivity contribution in [3.63, 3.8) is 0 Å². The van der Waals surface area contributed by atoms with Gasteiger partial charge < -0.3 is 9.88 Å². The summed E-state index contributed by atoms with van der Waals surface area (Å²) in [6.07, 6.45) is 1.96. The lowest BCUT2D eigenvalue weighted by molar-refractivity contribution is 0.182. The molecule has 0 radical (unpaired) electrons. The molecule has 22 heavy (non-hydrogen) atoms. The number of H-pyrrole nitrogens is 1. The van der Waals surface area contributed by atoms with Crippen molar-refractivity contribution in [2.45, 2.75) is 25.8 Å². The maximum atomic E-state index is 11.5. The Morgan fingerprint density at radius 2 is 1.82 bits per heavy atom. The van der Waals surface area contributed by atoms with Crippen molar-refractivity contribution in [3.8, 4) is 0 Å². The Bertz CT molecular complexity index is 678. The molecule has 1 aromatic rings. The van der Waals surface area contributed by atoms with Gasteiger partial charge in [-0.1, -0.05) is 0 Å². The van der Waals surface area contributed by atoms with Crippen LogP contribution in [0.2, 0.25) is 0 Å². The van der Waals surface area contributed by atoms with E-state index in [9.17, 15) is 13.2 Å². The standard InChI is InChI=1S/C14H22N4O3S/c1-11-15-13(10-14(19)16-11)18-4-2-12(3-5-18)17-6-8-22(20,21)9-7-17/h10,12H,2-9H2,1H3,(H,15,16,19). The Balaban J connectivity index is 1.60. The first-order valence-corrected chi connectivity index (χ1v) is 9.52. The van der Waals surface area contributed by atoms with Crippen LogP contribution in [0.25, 0.3) is 0 Å². The fourth-order valence-electron chi connectivity index (χ4n) is 3.28. The topological polar surface area (TPSA) is 86.4 Å². The zero-order valence-corrected chi connectivity index (χ0v) is 13.6. The Morgan fingerprint density at radius 1 is 1.18 bits per heavy atom. The molecule has 0 atom stereocenters. The van der Waals surface area contributed by atoms with Crippen molar-refractivity contribution >= 4 is 15.7 Å². The summed E-state index contributed by atoms with van der Waals surface area (Å²) in [4.78, 5) is 23.0. The van der Waals surface area contributed by atoms with Crippen molar-refractivity contribution in [1.29, 1.82) is 0 Å². The molecule has 0 spiro atoms. The summed E-state index contributed by atoms with van der Waals surface area (Å²) in [5, 5.41) is 0. The monoisotopic (exact) mass is 326 g/mol. The molecule has 3 heterocycles. The number of hydrogen-bond acceptors (Lipinski definition) is 6.